The molecule has 1 aromatic heterocycles. The molecule has 0 unspecified atom stereocenters. The third-order valence-electron chi connectivity index (χ3n) is 2.76. The molecule has 83 valence electrons. The van der Waals surface area contributed by atoms with Gasteiger partial charge in [0.15, 0.2) is 6.33 Å². The van der Waals surface area contributed by atoms with Crippen molar-refractivity contribution in [3.8, 4) is 0 Å². The van der Waals surface area contributed by atoms with E-state index >= 15 is 0 Å². The number of hydrogen-bond acceptors (Lipinski definition) is 0. The first-order valence-corrected chi connectivity index (χ1v) is 5.08. The van der Waals surface area contributed by atoms with Gasteiger partial charge < -0.3 is 0 Å². The van der Waals surface area contributed by atoms with Gasteiger partial charge in [-0.2, -0.15) is 4.57 Å². The molecule has 0 spiro atoms. The van der Waals surface area contributed by atoms with Crippen LogP contribution >= 0.6 is 0 Å². The van der Waals surface area contributed by atoms with Gasteiger partial charge in [0.1, 0.15) is 18.1 Å². The van der Waals surface area contributed by atoms with Crippen LogP contribution in [0.5, 0.6) is 0 Å². The number of aromatic nitrogens is 2. The third kappa shape index (κ3) is 1.77. The fourth-order valence-electron chi connectivity index (χ4n) is 2.02. The second kappa shape index (κ2) is 4.36. The van der Waals surface area contributed by atoms with Crippen molar-refractivity contribution in [3.05, 3.63) is 60.2 Å². The largest absolute Gasteiger partial charge is 0.255 e. The fourth-order valence-corrected chi connectivity index (χ4v) is 2.02. The molecule has 0 amide bonds. The zero-order valence-electron chi connectivity index (χ0n) is 8.98. The van der Waals surface area contributed by atoms with Crippen LogP contribution in [0.4, 0.5) is 0 Å². The molecule has 3 heteroatoms. The predicted molar refractivity (Wildman–Crippen MR) is 60.2 cm³/mol. The van der Waals surface area contributed by atoms with E-state index in [1.54, 1.807) is 0 Å². The zero-order valence-corrected chi connectivity index (χ0v) is 11.4. The Morgan fingerprint density at radius 2 is 2.25 bits per heavy atom. The number of hydrogen-bond donors (Lipinski definition) is 0. The minimum atomic E-state index is 0. The smallest absolute Gasteiger partial charge is 0.166 e. The molecule has 1 heterocycles. The SMILES string of the molecule is Cn1ccn(C2=CCc3ccc[c-]c32)[cH+]1.[Ir]. The first kappa shape index (κ1) is 11.3. The monoisotopic (exact) mass is 389 g/mol. The summed E-state index contributed by atoms with van der Waals surface area (Å²) in [6.45, 7) is 0. The molecule has 0 saturated carbocycles. The Labute approximate surface area is 109 Å². The summed E-state index contributed by atoms with van der Waals surface area (Å²) in [5.74, 6) is 0. The molecule has 1 aromatic carbocycles. The third-order valence-corrected chi connectivity index (χ3v) is 2.76. The molecule has 0 saturated heterocycles. The average molecular weight is 388 g/mol. The number of fused-ring (bicyclic) bond motifs is 1. The van der Waals surface area contributed by atoms with Gasteiger partial charge in [-0.15, -0.1) is 29.8 Å². The normalized spacial score (nSPS) is 12.9. The van der Waals surface area contributed by atoms with Crippen molar-refractivity contribution in [2.75, 3.05) is 0 Å². The van der Waals surface area contributed by atoms with Crippen molar-refractivity contribution < 1.29 is 20.1 Å². The summed E-state index contributed by atoms with van der Waals surface area (Å²) in [7, 11) is 2.03. The van der Waals surface area contributed by atoms with Gasteiger partial charge >= 0.3 is 0 Å². The average Bonchev–Trinajstić information content (AvgIpc) is 2.83. The number of aryl methyl sites for hydroxylation is 1. The summed E-state index contributed by atoms with van der Waals surface area (Å²) in [5.41, 5.74) is 3.84. The number of imidazole rings is 1. The first-order chi connectivity index (χ1) is 7.34. The molecule has 0 bridgehead atoms. The summed E-state index contributed by atoms with van der Waals surface area (Å²) in [6, 6.07) is 9.49. The molecular formula is C13H12IrN2. The van der Waals surface area contributed by atoms with Crippen LogP contribution in [0.1, 0.15) is 11.1 Å². The quantitative estimate of drug-likeness (QED) is 0.664. The topological polar surface area (TPSA) is 9.86 Å². The van der Waals surface area contributed by atoms with Crippen LogP contribution < -0.4 is 0 Å². The Hall–Kier alpha value is -1.18. The van der Waals surface area contributed by atoms with Crippen molar-refractivity contribution >= 4 is 5.70 Å². The Bertz CT molecular complexity index is 540. The van der Waals surface area contributed by atoms with Crippen molar-refractivity contribution in [1.82, 2.24) is 9.13 Å². The van der Waals surface area contributed by atoms with E-state index in [4.69, 9.17) is 0 Å². The van der Waals surface area contributed by atoms with Crippen LogP contribution in [0.2, 0.25) is 0 Å². The van der Waals surface area contributed by atoms with Gasteiger partial charge in [-0.05, 0) is 18.1 Å². The summed E-state index contributed by atoms with van der Waals surface area (Å²) in [5, 5.41) is 0. The maximum atomic E-state index is 3.31. The van der Waals surface area contributed by atoms with Crippen LogP contribution in [0, 0.1) is 6.07 Å². The van der Waals surface area contributed by atoms with Crippen molar-refractivity contribution in [2.45, 2.75) is 6.42 Å². The van der Waals surface area contributed by atoms with E-state index in [1.807, 2.05) is 29.9 Å². The number of benzene rings is 1. The summed E-state index contributed by atoms with van der Waals surface area (Å²) >= 11 is 0. The molecular weight excluding hydrogens is 376 g/mol. The Balaban J connectivity index is 0.000000963. The van der Waals surface area contributed by atoms with Gasteiger partial charge in [0.25, 0.3) is 0 Å². The van der Waals surface area contributed by atoms with Gasteiger partial charge in [-0.3, -0.25) is 4.57 Å². The molecule has 1 aliphatic rings. The summed E-state index contributed by atoms with van der Waals surface area (Å²) in [4.78, 5) is 0. The van der Waals surface area contributed by atoms with E-state index in [0.29, 0.717) is 0 Å². The van der Waals surface area contributed by atoms with Crippen LogP contribution in [0.15, 0.2) is 43.0 Å². The van der Waals surface area contributed by atoms with E-state index in [1.165, 1.54) is 16.8 Å². The minimum absolute atomic E-state index is 0. The molecule has 16 heavy (non-hydrogen) atoms. The molecule has 0 aliphatic heterocycles. The molecule has 2 nitrogen and oxygen atoms in total. The Kier molecular flexibility index (Phi) is 3.08. The predicted octanol–water partition coefficient (Wildman–Crippen LogP) is 2.35. The van der Waals surface area contributed by atoms with Gasteiger partial charge in [-0.1, -0.05) is 0 Å². The summed E-state index contributed by atoms with van der Waals surface area (Å²) in [6.07, 6.45) is 9.45. The number of rotatable bonds is 1. The Morgan fingerprint density at radius 1 is 1.38 bits per heavy atom. The van der Waals surface area contributed by atoms with Crippen molar-refractivity contribution in [1.29, 1.82) is 0 Å². The Morgan fingerprint density at radius 3 is 3.00 bits per heavy atom. The first-order valence-electron chi connectivity index (χ1n) is 5.08. The molecule has 1 radical (unpaired) electrons. The molecule has 3 rings (SSSR count). The molecule has 0 N–H and O–H groups in total. The number of allylic oxidation sites excluding steroid dienone is 1. The maximum Gasteiger partial charge on any atom is 0.166 e. The minimum Gasteiger partial charge on any atom is -0.255 e. The van der Waals surface area contributed by atoms with Crippen molar-refractivity contribution in [3.63, 3.8) is 0 Å². The van der Waals surface area contributed by atoms with Crippen LogP contribution in [-0.4, -0.2) is 9.13 Å². The van der Waals surface area contributed by atoms with Crippen LogP contribution in [-0.2, 0) is 33.6 Å². The van der Waals surface area contributed by atoms with Crippen molar-refractivity contribution in [2.24, 2.45) is 7.05 Å². The van der Waals surface area contributed by atoms with Crippen LogP contribution in [0.3, 0.4) is 0 Å². The second-order valence-corrected chi connectivity index (χ2v) is 3.85. The van der Waals surface area contributed by atoms with E-state index in [9.17, 15) is 0 Å². The summed E-state index contributed by atoms with van der Waals surface area (Å²) < 4.78 is 4.18. The van der Waals surface area contributed by atoms with E-state index in [0.717, 1.165) is 6.42 Å². The molecule has 1 aliphatic carbocycles. The second-order valence-electron chi connectivity index (χ2n) is 3.85. The maximum absolute atomic E-state index is 3.31. The van der Waals surface area contributed by atoms with Gasteiger partial charge in [0, 0.05) is 27.2 Å². The zero-order chi connectivity index (χ0) is 10.3. The molecule has 2 aromatic rings. The van der Waals surface area contributed by atoms with Gasteiger partial charge in [0.2, 0.25) is 0 Å². The fraction of sp³-hybridized carbons (Fsp3) is 0.154. The van der Waals surface area contributed by atoms with E-state index in [2.05, 4.69) is 35.3 Å². The van der Waals surface area contributed by atoms with E-state index in [-0.39, 0.29) is 20.1 Å². The van der Waals surface area contributed by atoms with Crippen LogP contribution in [0.25, 0.3) is 5.70 Å². The molecule has 0 atom stereocenters. The number of nitrogens with zero attached hydrogens (tertiary/aromatic N) is 2. The van der Waals surface area contributed by atoms with E-state index < -0.39 is 0 Å². The van der Waals surface area contributed by atoms with Gasteiger partial charge in [0.05, 0.1) is 0 Å². The standard InChI is InChI=1S/C13H12N2.Ir/c1-14-8-9-15(10-14)13-7-6-11-4-2-3-5-12(11)13;/h2-4,7-10H,6H2,1H3;. The molecule has 0 fully saturated rings. The van der Waals surface area contributed by atoms with Gasteiger partial charge in [-0.25, -0.2) is 0 Å².